The fourth-order valence-corrected chi connectivity index (χ4v) is 0.944. The molecule has 0 radical (unpaired) electrons. The van der Waals surface area contributed by atoms with E-state index < -0.39 is 0 Å². The Morgan fingerprint density at radius 1 is 1.21 bits per heavy atom. The van der Waals surface area contributed by atoms with Crippen LogP contribution in [-0.2, 0) is 0 Å². The van der Waals surface area contributed by atoms with Crippen molar-refractivity contribution < 1.29 is 0 Å². The molecule has 0 aliphatic carbocycles. The third kappa shape index (κ3) is 11.6. The van der Waals surface area contributed by atoms with Crippen molar-refractivity contribution in [3.63, 3.8) is 0 Å². The molecule has 0 saturated heterocycles. The number of hydrogen-bond acceptors (Lipinski definition) is 2. The third-order valence-electron chi connectivity index (χ3n) is 1.59. The second-order valence-electron chi connectivity index (χ2n) is 2.90. The molecule has 0 aliphatic heterocycles. The summed E-state index contributed by atoms with van der Waals surface area (Å²) in [5, 5.41) is 19.3. The van der Waals surface area contributed by atoms with Gasteiger partial charge in [-0.3, -0.25) is 16.1 Å². The zero-order valence-electron chi connectivity index (χ0n) is 8.61. The van der Waals surface area contributed by atoms with Crippen molar-refractivity contribution in [2.24, 2.45) is 5.73 Å². The van der Waals surface area contributed by atoms with Crippen LogP contribution in [0.4, 0.5) is 0 Å². The van der Waals surface area contributed by atoms with Crippen LogP contribution in [0.2, 0.25) is 0 Å². The average molecular weight is 396 g/mol. The summed E-state index contributed by atoms with van der Waals surface area (Å²) in [5.74, 6) is -0.102. The minimum absolute atomic E-state index is 0. The molecule has 0 aromatic rings. The van der Waals surface area contributed by atoms with Crippen molar-refractivity contribution in [2.75, 3.05) is 6.54 Å². The zero-order valence-corrected chi connectivity index (χ0v) is 12.5. The van der Waals surface area contributed by atoms with Gasteiger partial charge in [0, 0.05) is 6.54 Å². The summed E-state index contributed by atoms with van der Waals surface area (Å²) in [4.78, 5) is 0. The Labute approximate surface area is 105 Å². The molecule has 0 unspecified atom stereocenters. The van der Waals surface area contributed by atoms with Gasteiger partial charge in [-0.1, -0.05) is 26.2 Å². The molecule has 0 aliphatic rings. The SMILES string of the molecule is CCCCCCNC(=N)NC(=N)N.[PoH2]. The molecular formula is C8H21N5Po. The van der Waals surface area contributed by atoms with Gasteiger partial charge in [0.05, 0.1) is 0 Å². The van der Waals surface area contributed by atoms with E-state index in [-0.39, 0.29) is 38.5 Å². The van der Waals surface area contributed by atoms with E-state index in [1.54, 1.807) is 0 Å². The second kappa shape index (κ2) is 10.7. The average Bonchev–Trinajstić information content (AvgIpc) is 2.02. The summed E-state index contributed by atoms with van der Waals surface area (Å²) in [6.45, 7) is 2.92. The van der Waals surface area contributed by atoms with Gasteiger partial charge in [-0.15, -0.1) is 0 Å². The molecule has 0 heterocycles. The Balaban J connectivity index is 0. The molecule has 0 rings (SSSR count). The summed E-state index contributed by atoms with van der Waals surface area (Å²) in [6.07, 6.45) is 4.67. The number of nitrogens with one attached hydrogen (secondary N) is 4. The van der Waals surface area contributed by atoms with Crippen molar-refractivity contribution in [3.05, 3.63) is 0 Å². The number of unbranched alkanes of at least 4 members (excludes halogenated alkanes) is 3. The first-order valence-electron chi connectivity index (χ1n) is 4.60. The molecule has 0 aromatic carbocycles. The topological polar surface area (TPSA) is 97.8 Å². The Kier molecular flexibility index (Phi) is 12.3. The van der Waals surface area contributed by atoms with E-state index >= 15 is 0 Å². The van der Waals surface area contributed by atoms with E-state index in [4.69, 9.17) is 16.6 Å². The van der Waals surface area contributed by atoms with Crippen LogP contribution in [0, 0.1) is 10.8 Å². The van der Waals surface area contributed by atoms with E-state index in [2.05, 4.69) is 17.6 Å². The zero-order chi connectivity index (χ0) is 10.1. The van der Waals surface area contributed by atoms with E-state index in [9.17, 15) is 0 Å². The fraction of sp³-hybridized carbons (Fsp3) is 0.750. The molecule has 14 heavy (non-hydrogen) atoms. The second-order valence-corrected chi connectivity index (χ2v) is 2.90. The van der Waals surface area contributed by atoms with Gasteiger partial charge in [-0.25, -0.2) is 0 Å². The van der Waals surface area contributed by atoms with Crippen molar-refractivity contribution in [1.82, 2.24) is 10.6 Å². The Morgan fingerprint density at radius 3 is 2.36 bits per heavy atom. The van der Waals surface area contributed by atoms with Gasteiger partial charge in [0.1, 0.15) is 0 Å². The van der Waals surface area contributed by atoms with E-state index in [0.717, 1.165) is 13.0 Å². The molecule has 0 fully saturated rings. The van der Waals surface area contributed by atoms with Crippen LogP contribution in [0.1, 0.15) is 32.6 Å². The quantitative estimate of drug-likeness (QED) is 0.250. The molecule has 0 saturated carbocycles. The standard InChI is InChI=1S/C8H19N5.Po.2H/c1-2-3-4-5-6-12-8(11)13-7(9)10;;;/h2-6H2,1H3,(H6,9,10,11,12,13);;;. The van der Waals surface area contributed by atoms with Crippen LogP contribution in [0.15, 0.2) is 0 Å². The Hall–Kier alpha value is -0.364. The maximum atomic E-state index is 7.26. The first-order valence-corrected chi connectivity index (χ1v) is 4.60. The van der Waals surface area contributed by atoms with E-state index in [1.807, 2.05) is 0 Å². The number of hydrogen-bond donors (Lipinski definition) is 5. The van der Waals surface area contributed by atoms with Crippen molar-refractivity contribution in [1.29, 1.82) is 10.8 Å². The summed E-state index contributed by atoms with van der Waals surface area (Å²) < 4.78 is 0. The monoisotopic (exact) mass is 396 g/mol. The molecule has 6 N–H and O–H groups in total. The van der Waals surface area contributed by atoms with Crippen LogP contribution in [0.5, 0.6) is 0 Å². The molecule has 0 bridgehead atoms. The van der Waals surface area contributed by atoms with Gasteiger partial charge in [-0.05, 0) is 6.42 Å². The van der Waals surface area contributed by atoms with E-state index in [1.165, 1.54) is 19.3 Å². The molecular weight excluding hydrogens is 375 g/mol. The predicted molar refractivity (Wildman–Crippen MR) is 63.5 cm³/mol. The van der Waals surface area contributed by atoms with Crippen LogP contribution >= 0.6 is 0 Å². The molecule has 0 spiro atoms. The van der Waals surface area contributed by atoms with Gasteiger partial charge in [0.15, 0.2) is 11.9 Å². The number of rotatable bonds is 5. The van der Waals surface area contributed by atoms with E-state index in [0.29, 0.717) is 0 Å². The van der Waals surface area contributed by atoms with Crippen LogP contribution in [0.3, 0.4) is 0 Å². The summed E-state index contributed by atoms with van der Waals surface area (Å²) in [6, 6.07) is 0. The summed E-state index contributed by atoms with van der Waals surface area (Å²) in [7, 11) is 0. The normalized spacial score (nSPS) is 8.64. The minimum atomic E-state index is -0.203. The van der Waals surface area contributed by atoms with Crippen LogP contribution in [-0.4, -0.2) is 45.0 Å². The van der Waals surface area contributed by atoms with Gasteiger partial charge in [0.25, 0.3) is 0 Å². The van der Waals surface area contributed by atoms with Crippen LogP contribution in [0.25, 0.3) is 0 Å². The summed E-state index contributed by atoms with van der Waals surface area (Å²) >= 11 is 0. The summed E-state index contributed by atoms with van der Waals surface area (Å²) in [5.41, 5.74) is 5.04. The first kappa shape index (κ1) is 16.1. The molecule has 0 amide bonds. The molecule has 0 atom stereocenters. The van der Waals surface area contributed by atoms with Crippen LogP contribution < -0.4 is 16.4 Å². The molecule has 6 heteroatoms. The van der Waals surface area contributed by atoms with Crippen molar-refractivity contribution >= 4 is 38.5 Å². The van der Waals surface area contributed by atoms with Gasteiger partial charge < -0.3 is 11.1 Å². The van der Waals surface area contributed by atoms with Crippen molar-refractivity contribution in [3.8, 4) is 0 Å². The maximum absolute atomic E-state index is 7.26. The predicted octanol–water partition coefficient (Wildman–Crippen LogP) is -0.342. The number of guanidine groups is 2. The molecule has 84 valence electrons. The van der Waals surface area contributed by atoms with Gasteiger partial charge >= 0.3 is 26.6 Å². The fourth-order valence-electron chi connectivity index (χ4n) is 0.944. The van der Waals surface area contributed by atoms with Gasteiger partial charge in [0.2, 0.25) is 0 Å². The molecule has 5 nitrogen and oxygen atoms in total. The number of nitrogens with two attached hydrogens (primary N) is 1. The Morgan fingerprint density at radius 2 is 1.86 bits per heavy atom. The third-order valence-corrected chi connectivity index (χ3v) is 1.59. The first-order chi connectivity index (χ1) is 6.16. The Bertz CT molecular complexity index is 171. The van der Waals surface area contributed by atoms with Gasteiger partial charge in [-0.2, -0.15) is 0 Å². The van der Waals surface area contributed by atoms with Crippen molar-refractivity contribution in [2.45, 2.75) is 32.6 Å². The molecule has 0 aromatic heterocycles.